The lowest BCUT2D eigenvalue weighted by molar-refractivity contribution is -0.137. The second-order valence-electron chi connectivity index (χ2n) is 4.31. The molecular formula is C15H23NO4. The van der Waals surface area contributed by atoms with Gasteiger partial charge in [0.05, 0.1) is 13.2 Å². The number of anilines is 1. The molecule has 0 aliphatic carbocycles. The molecule has 0 saturated carbocycles. The molecule has 2 N–H and O–H groups in total. The molecule has 0 fully saturated rings. The maximum atomic E-state index is 10.4. The molecule has 1 aromatic rings. The van der Waals surface area contributed by atoms with Gasteiger partial charge in [-0.1, -0.05) is 0 Å². The van der Waals surface area contributed by atoms with E-state index in [-0.39, 0.29) is 6.42 Å². The normalized spacial score (nSPS) is 10.1. The van der Waals surface area contributed by atoms with Gasteiger partial charge >= 0.3 is 5.97 Å². The van der Waals surface area contributed by atoms with Crippen molar-refractivity contribution in [1.29, 1.82) is 0 Å². The molecule has 0 aromatic heterocycles. The van der Waals surface area contributed by atoms with E-state index in [1.807, 2.05) is 32.0 Å². The van der Waals surface area contributed by atoms with Gasteiger partial charge in [0.15, 0.2) is 11.5 Å². The molecule has 1 rings (SSSR count). The topological polar surface area (TPSA) is 67.8 Å². The summed E-state index contributed by atoms with van der Waals surface area (Å²) in [6.45, 7) is 5.79. The zero-order valence-electron chi connectivity index (χ0n) is 12.1. The molecule has 0 heterocycles. The first-order valence-electron chi connectivity index (χ1n) is 7.02. The highest BCUT2D eigenvalue weighted by Crippen LogP contribution is 2.30. The molecule has 0 aliphatic heterocycles. The highest BCUT2D eigenvalue weighted by molar-refractivity contribution is 5.66. The monoisotopic (exact) mass is 281 g/mol. The lowest BCUT2D eigenvalue weighted by Gasteiger charge is -2.13. The van der Waals surface area contributed by atoms with Crippen molar-refractivity contribution in [3.05, 3.63) is 18.2 Å². The molecule has 0 saturated heterocycles. The van der Waals surface area contributed by atoms with E-state index in [1.54, 1.807) is 0 Å². The molecule has 0 radical (unpaired) electrons. The van der Waals surface area contributed by atoms with Gasteiger partial charge in [0.25, 0.3) is 0 Å². The molecule has 1 aromatic carbocycles. The van der Waals surface area contributed by atoms with E-state index in [0.717, 1.165) is 30.2 Å². The van der Waals surface area contributed by atoms with Crippen molar-refractivity contribution in [1.82, 2.24) is 0 Å². The summed E-state index contributed by atoms with van der Waals surface area (Å²) in [6, 6.07) is 5.73. The molecule has 5 nitrogen and oxygen atoms in total. The van der Waals surface area contributed by atoms with Gasteiger partial charge in [0.2, 0.25) is 0 Å². The minimum Gasteiger partial charge on any atom is -0.490 e. The second kappa shape index (κ2) is 9.07. The number of benzene rings is 1. The molecule has 0 atom stereocenters. The molecule has 0 amide bonds. The largest absolute Gasteiger partial charge is 0.490 e. The minimum atomic E-state index is -0.746. The van der Waals surface area contributed by atoms with Crippen molar-refractivity contribution in [3.8, 4) is 11.5 Å². The van der Waals surface area contributed by atoms with Crippen LogP contribution in [0.25, 0.3) is 0 Å². The Labute approximate surface area is 119 Å². The number of nitrogens with one attached hydrogen (secondary N) is 1. The summed E-state index contributed by atoms with van der Waals surface area (Å²) in [5.41, 5.74) is 0.951. The summed E-state index contributed by atoms with van der Waals surface area (Å²) in [5.74, 6) is 0.723. The Kier molecular flexibility index (Phi) is 7.32. The Balaban J connectivity index is 2.49. The average molecular weight is 281 g/mol. The number of unbranched alkanes of at least 4 members (excludes halogenated alkanes) is 1. The predicted molar refractivity (Wildman–Crippen MR) is 78.8 cm³/mol. The number of ether oxygens (including phenoxy) is 2. The highest BCUT2D eigenvalue weighted by Gasteiger charge is 2.05. The van der Waals surface area contributed by atoms with Crippen LogP contribution in [-0.2, 0) is 4.79 Å². The van der Waals surface area contributed by atoms with Crippen molar-refractivity contribution in [3.63, 3.8) is 0 Å². The number of rotatable bonds is 10. The van der Waals surface area contributed by atoms with E-state index in [1.165, 1.54) is 0 Å². The number of carboxylic acids is 1. The Morgan fingerprint density at radius 3 is 2.50 bits per heavy atom. The number of hydrogen-bond acceptors (Lipinski definition) is 4. The molecule has 0 unspecified atom stereocenters. The van der Waals surface area contributed by atoms with Gasteiger partial charge in [-0.25, -0.2) is 0 Å². The Morgan fingerprint density at radius 2 is 1.85 bits per heavy atom. The van der Waals surface area contributed by atoms with Crippen molar-refractivity contribution >= 4 is 11.7 Å². The van der Waals surface area contributed by atoms with Gasteiger partial charge in [-0.3, -0.25) is 4.79 Å². The van der Waals surface area contributed by atoms with E-state index >= 15 is 0 Å². The maximum absolute atomic E-state index is 10.4. The molecule has 0 bridgehead atoms. The third-order valence-electron chi connectivity index (χ3n) is 2.69. The number of carboxylic acid groups (broad SMARTS) is 1. The second-order valence-corrected chi connectivity index (χ2v) is 4.31. The zero-order chi connectivity index (χ0) is 14.8. The molecular weight excluding hydrogens is 258 g/mol. The van der Waals surface area contributed by atoms with E-state index in [0.29, 0.717) is 19.6 Å². The summed E-state index contributed by atoms with van der Waals surface area (Å²) in [4.78, 5) is 10.4. The van der Waals surface area contributed by atoms with Gasteiger partial charge in [-0.15, -0.1) is 0 Å². The first-order valence-corrected chi connectivity index (χ1v) is 7.02. The van der Waals surface area contributed by atoms with Crippen molar-refractivity contribution in [2.75, 3.05) is 25.1 Å². The van der Waals surface area contributed by atoms with E-state index < -0.39 is 5.97 Å². The first-order chi connectivity index (χ1) is 9.67. The van der Waals surface area contributed by atoms with Crippen LogP contribution in [0.1, 0.15) is 33.1 Å². The van der Waals surface area contributed by atoms with Crippen LogP contribution in [-0.4, -0.2) is 30.8 Å². The fraction of sp³-hybridized carbons (Fsp3) is 0.533. The van der Waals surface area contributed by atoms with Gasteiger partial charge in [-0.2, -0.15) is 0 Å². The van der Waals surface area contributed by atoms with E-state index in [9.17, 15) is 4.79 Å². The number of carbonyl (C=O) groups is 1. The molecule has 112 valence electrons. The Morgan fingerprint density at radius 1 is 1.15 bits per heavy atom. The summed E-state index contributed by atoms with van der Waals surface area (Å²) >= 11 is 0. The van der Waals surface area contributed by atoms with Crippen LogP contribution >= 0.6 is 0 Å². The standard InChI is InChI=1S/C15H23NO4/c1-3-19-13-9-8-12(11-14(13)20-4-2)16-10-6-5-7-15(17)18/h8-9,11,16H,3-7,10H2,1-2H3,(H,17,18). The van der Waals surface area contributed by atoms with Crippen LogP contribution in [0.15, 0.2) is 18.2 Å². The SMILES string of the molecule is CCOc1ccc(NCCCCC(=O)O)cc1OCC. The highest BCUT2D eigenvalue weighted by atomic mass is 16.5. The third kappa shape index (κ3) is 5.82. The van der Waals surface area contributed by atoms with Gasteiger partial charge < -0.3 is 19.9 Å². The zero-order valence-corrected chi connectivity index (χ0v) is 12.1. The summed E-state index contributed by atoms with van der Waals surface area (Å²) in [6.07, 6.45) is 1.72. The van der Waals surface area contributed by atoms with E-state index in [4.69, 9.17) is 14.6 Å². The summed E-state index contributed by atoms with van der Waals surface area (Å²) in [7, 11) is 0. The van der Waals surface area contributed by atoms with Crippen molar-refractivity contribution < 1.29 is 19.4 Å². The van der Waals surface area contributed by atoms with Crippen LogP contribution < -0.4 is 14.8 Å². The van der Waals surface area contributed by atoms with Crippen LogP contribution in [0, 0.1) is 0 Å². The third-order valence-corrected chi connectivity index (χ3v) is 2.69. The molecule has 0 aliphatic rings. The quantitative estimate of drug-likeness (QED) is 0.645. The number of aliphatic carboxylic acids is 1. The van der Waals surface area contributed by atoms with Crippen molar-refractivity contribution in [2.45, 2.75) is 33.1 Å². The van der Waals surface area contributed by atoms with Crippen LogP contribution in [0.4, 0.5) is 5.69 Å². The van der Waals surface area contributed by atoms with E-state index in [2.05, 4.69) is 5.32 Å². The smallest absolute Gasteiger partial charge is 0.303 e. The fourth-order valence-corrected chi connectivity index (χ4v) is 1.80. The fourth-order valence-electron chi connectivity index (χ4n) is 1.80. The van der Waals surface area contributed by atoms with Crippen LogP contribution in [0.2, 0.25) is 0 Å². The Hall–Kier alpha value is -1.91. The average Bonchev–Trinajstić information content (AvgIpc) is 2.41. The Bertz CT molecular complexity index is 420. The van der Waals surface area contributed by atoms with Gasteiger partial charge in [0, 0.05) is 24.7 Å². The summed E-state index contributed by atoms with van der Waals surface area (Å²) < 4.78 is 11.0. The van der Waals surface area contributed by atoms with Crippen LogP contribution in [0.5, 0.6) is 11.5 Å². The van der Waals surface area contributed by atoms with Gasteiger partial charge in [-0.05, 0) is 38.8 Å². The van der Waals surface area contributed by atoms with Crippen LogP contribution in [0.3, 0.4) is 0 Å². The lowest BCUT2D eigenvalue weighted by atomic mass is 10.2. The maximum Gasteiger partial charge on any atom is 0.303 e. The predicted octanol–water partition coefficient (Wildman–Crippen LogP) is 3.15. The van der Waals surface area contributed by atoms with Gasteiger partial charge in [0.1, 0.15) is 0 Å². The minimum absolute atomic E-state index is 0.217. The number of hydrogen-bond donors (Lipinski definition) is 2. The first kappa shape index (κ1) is 16.1. The molecule has 0 spiro atoms. The molecule has 20 heavy (non-hydrogen) atoms. The lowest BCUT2D eigenvalue weighted by Crippen LogP contribution is -2.04. The summed E-state index contributed by atoms with van der Waals surface area (Å²) in [5, 5.41) is 11.8. The molecule has 5 heteroatoms. The van der Waals surface area contributed by atoms with Crippen molar-refractivity contribution in [2.24, 2.45) is 0 Å².